The number of carbonyl (C=O) groups is 3. The van der Waals surface area contributed by atoms with E-state index in [0.29, 0.717) is 37.0 Å². The summed E-state index contributed by atoms with van der Waals surface area (Å²) >= 11 is 0. The average molecular weight is 461 g/mol. The molecule has 33 heavy (non-hydrogen) atoms. The van der Waals surface area contributed by atoms with Gasteiger partial charge in [0.15, 0.2) is 11.6 Å². The summed E-state index contributed by atoms with van der Waals surface area (Å²) in [6.07, 6.45) is 17.2. The van der Waals surface area contributed by atoms with Crippen molar-refractivity contribution < 1.29 is 19.1 Å². The largest absolute Gasteiger partial charge is 0.466 e. The fraction of sp³-hybridized carbons (Fsp3) is 0.759. The van der Waals surface area contributed by atoms with E-state index >= 15 is 0 Å². The van der Waals surface area contributed by atoms with Gasteiger partial charge in [-0.15, -0.1) is 0 Å². The molecule has 0 saturated heterocycles. The summed E-state index contributed by atoms with van der Waals surface area (Å²) in [7, 11) is 0. The summed E-state index contributed by atoms with van der Waals surface area (Å²) in [4.78, 5) is 37.3. The third-order valence-electron chi connectivity index (χ3n) is 6.56. The van der Waals surface area contributed by atoms with Crippen molar-refractivity contribution in [1.82, 2.24) is 0 Å². The fourth-order valence-corrected chi connectivity index (χ4v) is 4.33. The Bertz CT molecular complexity index is 704. The maximum absolute atomic E-state index is 12.7. The molecule has 0 unspecified atom stereocenters. The van der Waals surface area contributed by atoms with Gasteiger partial charge in [0.05, 0.1) is 6.61 Å². The zero-order chi connectivity index (χ0) is 24.9. The number of carbonyl (C=O) groups excluding carboxylic acids is 3. The van der Waals surface area contributed by atoms with Crippen LogP contribution in [-0.4, -0.2) is 24.1 Å². The maximum Gasteiger partial charge on any atom is 0.305 e. The standard InChI is InChI=1S/C29H48O4/c1-7-8-9-10-11-12-13-14-15-16-20-33-27(32)18-17-19-29(5,6)24-22-25(30)23(21-26(24)31)28(2,3)4/h21-22H,7-20H2,1-6H3. The number of esters is 1. The number of ether oxygens (including phenoxy) is 1. The first-order valence-electron chi connectivity index (χ1n) is 13.2. The van der Waals surface area contributed by atoms with Gasteiger partial charge in [0.2, 0.25) is 0 Å². The highest BCUT2D eigenvalue weighted by molar-refractivity contribution is 6.20. The summed E-state index contributed by atoms with van der Waals surface area (Å²) in [5.74, 6) is -0.342. The van der Waals surface area contributed by atoms with Gasteiger partial charge in [-0.3, -0.25) is 14.4 Å². The maximum atomic E-state index is 12.7. The van der Waals surface area contributed by atoms with Crippen LogP contribution < -0.4 is 0 Å². The number of hydrogen-bond acceptors (Lipinski definition) is 4. The smallest absolute Gasteiger partial charge is 0.305 e. The molecule has 0 aromatic rings. The van der Waals surface area contributed by atoms with Crippen molar-refractivity contribution in [3.8, 4) is 0 Å². The predicted molar refractivity (Wildman–Crippen MR) is 136 cm³/mol. The minimum absolute atomic E-state index is 0.0823. The van der Waals surface area contributed by atoms with Crippen LogP contribution in [0, 0.1) is 10.8 Å². The Balaban J connectivity index is 2.22. The highest BCUT2D eigenvalue weighted by atomic mass is 16.5. The molecule has 0 saturated carbocycles. The molecule has 0 N–H and O–H groups in total. The molecular weight excluding hydrogens is 412 g/mol. The number of allylic oxidation sites excluding steroid dienone is 4. The molecular formula is C29H48O4. The highest BCUT2D eigenvalue weighted by Gasteiger charge is 2.34. The SMILES string of the molecule is CCCCCCCCCCCCOC(=O)CCCC(C)(C)C1=CC(=O)C(C(C)(C)C)=CC1=O. The molecule has 0 spiro atoms. The Morgan fingerprint density at radius 2 is 1.21 bits per heavy atom. The molecule has 0 heterocycles. The number of unbranched alkanes of at least 4 members (excludes halogenated alkanes) is 9. The molecule has 4 nitrogen and oxygen atoms in total. The summed E-state index contributed by atoms with van der Waals surface area (Å²) in [5, 5.41) is 0. The normalized spacial score (nSPS) is 14.8. The second-order valence-corrected chi connectivity index (χ2v) is 11.2. The topological polar surface area (TPSA) is 60.4 Å². The van der Waals surface area contributed by atoms with Crippen LogP contribution in [-0.2, 0) is 19.1 Å². The van der Waals surface area contributed by atoms with Gasteiger partial charge >= 0.3 is 5.97 Å². The van der Waals surface area contributed by atoms with Crippen LogP contribution in [0.4, 0.5) is 0 Å². The molecule has 1 aliphatic carbocycles. The first-order valence-corrected chi connectivity index (χ1v) is 13.2. The van der Waals surface area contributed by atoms with Crippen molar-refractivity contribution in [3.63, 3.8) is 0 Å². The van der Waals surface area contributed by atoms with Crippen LogP contribution >= 0.6 is 0 Å². The molecule has 0 amide bonds. The molecule has 188 valence electrons. The Labute approximate surface area is 202 Å². The number of rotatable bonds is 16. The monoisotopic (exact) mass is 460 g/mol. The fourth-order valence-electron chi connectivity index (χ4n) is 4.33. The molecule has 1 rings (SSSR count). The van der Waals surface area contributed by atoms with Crippen LogP contribution in [0.25, 0.3) is 0 Å². The lowest BCUT2D eigenvalue weighted by molar-refractivity contribution is -0.144. The first-order chi connectivity index (χ1) is 15.5. The quantitative estimate of drug-likeness (QED) is 0.134. The van der Waals surface area contributed by atoms with Gasteiger partial charge in [-0.05, 0) is 42.2 Å². The summed E-state index contributed by atoms with van der Waals surface area (Å²) < 4.78 is 5.38. The van der Waals surface area contributed by atoms with E-state index in [1.54, 1.807) is 0 Å². The molecule has 1 aliphatic rings. The van der Waals surface area contributed by atoms with Gasteiger partial charge < -0.3 is 4.74 Å². The van der Waals surface area contributed by atoms with Crippen molar-refractivity contribution in [2.24, 2.45) is 10.8 Å². The number of hydrogen-bond donors (Lipinski definition) is 0. The van der Waals surface area contributed by atoms with E-state index < -0.39 is 5.41 Å². The van der Waals surface area contributed by atoms with E-state index in [1.165, 1.54) is 63.5 Å². The third-order valence-corrected chi connectivity index (χ3v) is 6.56. The minimum Gasteiger partial charge on any atom is -0.466 e. The Kier molecular flexibility index (Phi) is 12.9. The molecule has 0 fully saturated rings. The Hall–Kier alpha value is -1.71. The second-order valence-electron chi connectivity index (χ2n) is 11.2. The molecule has 0 aliphatic heterocycles. The van der Waals surface area contributed by atoms with Crippen molar-refractivity contribution >= 4 is 17.5 Å². The van der Waals surface area contributed by atoms with Gasteiger partial charge in [0.25, 0.3) is 0 Å². The van der Waals surface area contributed by atoms with Crippen LogP contribution in [0.5, 0.6) is 0 Å². The highest BCUT2D eigenvalue weighted by Crippen LogP contribution is 2.38. The Morgan fingerprint density at radius 1 is 0.727 bits per heavy atom. The molecule has 0 aromatic carbocycles. The Morgan fingerprint density at radius 3 is 1.76 bits per heavy atom. The van der Waals surface area contributed by atoms with Gasteiger partial charge in [0.1, 0.15) is 0 Å². The van der Waals surface area contributed by atoms with Crippen molar-refractivity contribution in [2.45, 2.75) is 125 Å². The predicted octanol–water partition coefficient (Wildman–Crippen LogP) is 7.70. The third kappa shape index (κ3) is 11.3. The van der Waals surface area contributed by atoms with E-state index in [9.17, 15) is 14.4 Å². The van der Waals surface area contributed by atoms with Crippen LogP contribution in [0.3, 0.4) is 0 Å². The van der Waals surface area contributed by atoms with E-state index in [4.69, 9.17) is 4.74 Å². The van der Waals surface area contributed by atoms with Crippen molar-refractivity contribution in [3.05, 3.63) is 23.3 Å². The van der Waals surface area contributed by atoms with Crippen LogP contribution in [0.1, 0.15) is 125 Å². The van der Waals surface area contributed by atoms with Gasteiger partial charge in [-0.25, -0.2) is 0 Å². The van der Waals surface area contributed by atoms with Crippen molar-refractivity contribution in [2.75, 3.05) is 6.61 Å². The summed E-state index contributed by atoms with van der Waals surface area (Å²) in [6, 6.07) is 0. The lowest BCUT2D eigenvalue weighted by atomic mass is 9.72. The van der Waals surface area contributed by atoms with E-state index in [-0.39, 0.29) is 23.0 Å². The minimum atomic E-state index is -0.455. The lowest BCUT2D eigenvalue weighted by Crippen LogP contribution is -2.29. The van der Waals surface area contributed by atoms with Crippen LogP contribution in [0.15, 0.2) is 23.3 Å². The summed E-state index contributed by atoms with van der Waals surface area (Å²) in [5.41, 5.74) is 0.294. The van der Waals surface area contributed by atoms with E-state index in [1.807, 2.05) is 34.6 Å². The van der Waals surface area contributed by atoms with Gasteiger partial charge in [-0.1, -0.05) is 99.3 Å². The molecule has 0 radical (unpaired) electrons. The second kappa shape index (κ2) is 14.5. The lowest BCUT2D eigenvalue weighted by Gasteiger charge is -2.30. The first kappa shape index (κ1) is 29.3. The van der Waals surface area contributed by atoms with Crippen LogP contribution in [0.2, 0.25) is 0 Å². The van der Waals surface area contributed by atoms with E-state index in [0.717, 1.165) is 12.8 Å². The number of ketones is 2. The molecule has 0 aromatic heterocycles. The van der Waals surface area contributed by atoms with Gasteiger partial charge in [0, 0.05) is 17.6 Å². The van der Waals surface area contributed by atoms with Gasteiger partial charge in [-0.2, -0.15) is 0 Å². The molecule has 0 bridgehead atoms. The van der Waals surface area contributed by atoms with Crippen molar-refractivity contribution in [1.29, 1.82) is 0 Å². The summed E-state index contributed by atoms with van der Waals surface area (Å²) in [6.45, 7) is 12.5. The van der Waals surface area contributed by atoms with E-state index in [2.05, 4.69) is 6.92 Å². The zero-order valence-electron chi connectivity index (χ0n) is 22.2. The molecule has 4 heteroatoms. The average Bonchev–Trinajstić information content (AvgIpc) is 2.72. The zero-order valence-corrected chi connectivity index (χ0v) is 22.2. The molecule has 0 atom stereocenters.